The van der Waals surface area contributed by atoms with Crippen LogP contribution in [0.5, 0.6) is 0 Å². The molecule has 0 N–H and O–H groups in total. The zero-order chi connectivity index (χ0) is 35.7. The minimum absolute atomic E-state index is 0.151. The molecule has 11 aromatic rings. The standard InChI is InChI=1S/C51H33N3/c1-51(2)40-23-12-10-21-37(40)48-47-41(51)24-14-25-42(47)52-50(53-48)30-27-28-36-39(29-30)49-46(38-22-11-13-26-43(38)54(49)31-15-4-3-5-16-31)45-35-20-9-7-18-33(35)32-17-6-8-19-34(32)44(36)45/h3-29H,1-2H3. The normalized spacial score (nSPS) is 13.5. The second kappa shape index (κ2) is 10.6. The number of hydrogen-bond acceptors (Lipinski definition) is 2. The number of hydrogen-bond donors (Lipinski definition) is 0. The molecule has 0 radical (unpaired) electrons. The Kier molecular flexibility index (Phi) is 5.84. The van der Waals surface area contributed by atoms with Crippen LogP contribution in [0.25, 0.3) is 104 Å². The average Bonchev–Trinajstić information content (AvgIpc) is 3.58. The van der Waals surface area contributed by atoms with Gasteiger partial charge in [-0.2, -0.15) is 0 Å². The number of aromatic nitrogens is 3. The molecule has 0 atom stereocenters. The number of nitrogens with zero attached hydrogens (tertiary/aromatic N) is 3. The molecule has 12 rings (SSSR count). The van der Waals surface area contributed by atoms with Gasteiger partial charge >= 0.3 is 0 Å². The largest absolute Gasteiger partial charge is 0.309 e. The maximum Gasteiger partial charge on any atom is 0.160 e. The van der Waals surface area contributed by atoms with Gasteiger partial charge in [0.25, 0.3) is 0 Å². The summed E-state index contributed by atoms with van der Waals surface area (Å²) in [6.07, 6.45) is 0. The Morgan fingerprint density at radius 2 is 1.07 bits per heavy atom. The lowest BCUT2D eigenvalue weighted by atomic mass is 9.70. The Bertz CT molecular complexity index is 3410. The van der Waals surface area contributed by atoms with E-state index < -0.39 is 0 Å². The van der Waals surface area contributed by atoms with Crippen molar-refractivity contribution in [1.82, 2.24) is 14.5 Å². The number of para-hydroxylation sites is 2. The molecule has 252 valence electrons. The summed E-state index contributed by atoms with van der Waals surface area (Å²) in [5.74, 6) is 0.741. The Labute approximate surface area is 311 Å². The van der Waals surface area contributed by atoms with Gasteiger partial charge in [0.2, 0.25) is 0 Å². The number of rotatable bonds is 2. The minimum Gasteiger partial charge on any atom is -0.309 e. The van der Waals surface area contributed by atoms with Crippen molar-refractivity contribution in [2.75, 3.05) is 0 Å². The Balaban J connectivity index is 1.28. The topological polar surface area (TPSA) is 30.7 Å². The molecule has 0 saturated heterocycles. The predicted octanol–water partition coefficient (Wildman–Crippen LogP) is 13.3. The highest BCUT2D eigenvalue weighted by Crippen LogP contribution is 2.50. The van der Waals surface area contributed by atoms with Gasteiger partial charge < -0.3 is 4.57 Å². The van der Waals surface area contributed by atoms with E-state index in [-0.39, 0.29) is 5.41 Å². The van der Waals surface area contributed by atoms with Crippen molar-refractivity contribution in [1.29, 1.82) is 0 Å². The third-order valence-corrected chi connectivity index (χ3v) is 12.1. The predicted molar refractivity (Wildman–Crippen MR) is 227 cm³/mol. The summed E-state index contributed by atoms with van der Waals surface area (Å²) in [6.45, 7) is 4.63. The molecule has 0 fully saturated rings. The first-order valence-electron chi connectivity index (χ1n) is 18.8. The molecule has 0 unspecified atom stereocenters. The highest BCUT2D eigenvalue weighted by atomic mass is 15.0. The molecular weight excluding hydrogens is 655 g/mol. The van der Waals surface area contributed by atoms with Crippen LogP contribution in [0.2, 0.25) is 0 Å². The molecule has 0 saturated carbocycles. The lowest BCUT2D eigenvalue weighted by Crippen LogP contribution is -2.24. The zero-order valence-electron chi connectivity index (χ0n) is 29.9. The van der Waals surface area contributed by atoms with Gasteiger partial charge in [-0.25, -0.2) is 9.97 Å². The maximum atomic E-state index is 5.45. The minimum atomic E-state index is -0.151. The van der Waals surface area contributed by atoms with Crippen LogP contribution in [0, 0.1) is 0 Å². The van der Waals surface area contributed by atoms with Gasteiger partial charge in [-0.05, 0) is 73.8 Å². The molecule has 0 bridgehead atoms. The summed E-state index contributed by atoms with van der Waals surface area (Å²) >= 11 is 0. The summed E-state index contributed by atoms with van der Waals surface area (Å²) in [7, 11) is 0. The van der Waals surface area contributed by atoms with Crippen LogP contribution in [0.1, 0.15) is 25.0 Å². The van der Waals surface area contributed by atoms with Gasteiger partial charge in [0.05, 0.1) is 22.2 Å². The van der Waals surface area contributed by atoms with Gasteiger partial charge in [-0.3, -0.25) is 0 Å². The fourth-order valence-corrected chi connectivity index (χ4v) is 9.78. The Morgan fingerprint density at radius 3 is 1.87 bits per heavy atom. The van der Waals surface area contributed by atoms with Gasteiger partial charge in [0.1, 0.15) is 0 Å². The molecule has 0 spiro atoms. The van der Waals surface area contributed by atoms with E-state index in [1.54, 1.807) is 0 Å². The first-order valence-corrected chi connectivity index (χ1v) is 18.8. The van der Waals surface area contributed by atoms with Crippen LogP contribution in [-0.2, 0) is 5.41 Å². The van der Waals surface area contributed by atoms with E-state index in [2.05, 4.69) is 182 Å². The number of fused-ring (bicyclic) bond motifs is 15. The third-order valence-electron chi connectivity index (χ3n) is 12.1. The molecule has 1 aliphatic carbocycles. The van der Waals surface area contributed by atoms with Crippen molar-refractivity contribution in [3.05, 3.63) is 175 Å². The van der Waals surface area contributed by atoms with Crippen LogP contribution in [-0.4, -0.2) is 14.5 Å². The molecule has 9 aromatic carbocycles. The lowest BCUT2D eigenvalue weighted by Gasteiger charge is -2.34. The van der Waals surface area contributed by atoms with Gasteiger partial charge in [-0.15, -0.1) is 0 Å². The molecule has 1 aliphatic rings. The van der Waals surface area contributed by atoms with E-state index >= 15 is 0 Å². The van der Waals surface area contributed by atoms with Crippen LogP contribution in [0.3, 0.4) is 0 Å². The average molecular weight is 688 g/mol. The van der Waals surface area contributed by atoms with Gasteiger partial charge in [0.15, 0.2) is 5.82 Å². The van der Waals surface area contributed by atoms with Crippen molar-refractivity contribution in [2.45, 2.75) is 19.3 Å². The molecular formula is C51H33N3. The molecule has 0 aliphatic heterocycles. The van der Waals surface area contributed by atoms with Crippen LogP contribution >= 0.6 is 0 Å². The fraction of sp³-hybridized carbons (Fsp3) is 0.0588. The molecule has 54 heavy (non-hydrogen) atoms. The van der Waals surface area contributed by atoms with Crippen molar-refractivity contribution in [2.24, 2.45) is 0 Å². The third kappa shape index (κ3) is 3.80. The second-order valence-electron chi connectivity index (χ2n) is 15.3. The van der Waals surface area contributed by atoms with Crippen molar-refractivity contribution >= 4 is 75.8 Å². The van der Waals surface area contributed by atoms with Crippen molar-refractivity contribution in [3.8, 4) is 28.3 Å². The summed E-state index contributed by atoms with van der Waals surface area (Å²) < 4.78 is 2.47. The van der Waals surface area contributed by atoms with Gasteiger partial charge in [-0.1, -0.05) is 147 Å². The van der Waals surface area contributed by atoms with Crippen LogP contribution in [0.4, 0.5) is 0 Å². The zero-order valence-corrected chi connectivity index (χ0v) is 29.9. The molecule has 3 nitrogen and oxygen atoms in total. The van der Waals surface area contributed by atoms with Crippen molar-refractivity contribution < 1.29 is 0 Å². The summed E-state index contributed by atoms with van der Waals surface area (Å²) in [5, 5.41) is 13.7. The number of benzene rings is 9. The van der Waals surface area contributed by atoms with E-state index in [9.17, 15) is 0 Å². The first-order chi connectivity index (χ1) is 26.6. The fourth-order valence-electron chi connectivity index (χ4n) is 9.78. The SMILES string of the molecule is CC1(C)c2ccccc2-c2nc(-c3ccc4c(c3)c3c(c5ccccc5n3-c3ccccc3)c3c5ccccc5c5ccccc5c43)nc3cccc1c23. The van der Waals surface area contributed by atoms with Crippen LogP contribution in [0.15, 0.2) is 164 Å². The molecule has 3 heteroatoms. The van der Waals surface area contributed by atoms with Gasteiger partial charge in [0, 0.05) is 49.2 Å². The van der Waals surface area contributed by atoms with Crippen molar-refractivity contribution in [3.63, 3.8) is 0 Å². The first kappa shape index (κ1) is 29.7. The van der Waals surface area contributed by atoms with E-state index in [1.165, 1.54) is 81.6 Å². The highest BCUT2D eigenvalue weighted by molar-refractivity contribution is 6.42. The second-order valence-corrected chi connectivity index (χ2v) is 15.3. The highest BCUT2D eigenvalue weighted by Gasteiger charge is 2.34. The quantitative estimate of drug-likeness (QED) is 0.169. The van der Waals surface area contributed by atoms with E-state index in [0.717, 1.165) is 33.7 Å². The van der Waals surface area contributed by atoms with Crippen LogP contribution < -0.4 is 0 Å². The summed E-state index contributed by atoms with van der Waals surface area (Å²) in [5.41, 5.74) is 10.1. The maximum absolute atomic E-state index is 5.45. The molecule has 0 amide bonds. The van der Waals surface area contributed by atoms with E-state index in [0.29, 0.717) is 0 Å². The van der Waals surface area contributed by atoms with E-state index in [1.807, 2.05) is 0 Å². The Morgan fingerprint density at radius 1 is 0.444 bits per heavy atom. The van der Waals surface area contributed by atoms with E-state index in [4.69, 9.17) is 9.97 Å². The Hall–Kier alpha value is -6.84. The summed E-state index contributed by atoms with van der Waals surface area (Å²) in [6, 6.07) is 59.8. The molecule has 2 aromatic heterocycles. The monoisotopic (exact) mass is 687 g/mol. The summed E-state index contributed by atoms with van der Waals surface area (Å²) in [4.78, 5) is 10.8. The smallest absolute Gasteiger partial charge is 0.160 e. The lowest BCUT2D eigenvalue weighted by molar-refractivity contribution is 0.644. The molecule has 2 heterocycles.